The van der Waals surface area contributed by atoms with Gasteiger partial charge in [-0.25, -0.2) is 4.79 Å². The molecule has 3 aromatic rings. The molecule has 1 N–H and O–H groups in total. The van der Waals surface area contributed by atoms with Gasteiger partial charge in [-0.3, -0.25) is 4.79 Å². The molecule has 140 valence electrons. The van der Waals surface area contributed by atoms with Gasteiger partial charge in [0.1, 0.15) is 22.6 Å². The molecule has 0 aliphatic heterocycles. The van der Waals surface area contributed by atoms with Crippen molar-refractivity contribution in [2.24, 2.45) is 0 Å². The highest BCUT2D eigenvalue weighted by Crippen LogP contribution is 2.25. The first kappa shape index (κ1) is 18.5. The van der Waals surface area contributed by atoms with Gasteiger partial charge in [-0.05, 0) is 42.8 Å². The van der Waals surface area contributed by atoms with E-state index < -0.39 is 11.5 Å². The largest absolute Gasteiger partial charge is 0.497 e. The maximum atomic E-state index is 12.7. The molecule has 0 bridgehead atoms. The third-order valence-electron chi connectivity index (χ3n) is 4.07. The Kier molecular flexibility index (Phi) is 5.76. The second-order valence-corrected chi connectivity index (χ2v) is 6.00. The van der Waals surface area contributed by atoms with Crippen LogP contribution in [0, 0.1) is 0 Å². The van der Waals surface area contributed by atoms with E-state index in [0.29, 0.717) is 34.8 Å². The number of rotatable bonds is 7. The van der Waals surface area contributed by atoms with Gasteiger partial charge in [0.05, 0.1) is 19.4 Å². The van der Waals surface area contributed by atoms with Crippen LogP contribution in [0.2, 0.25) is 0 Å². The summed E-state index contributed by atoms with van der Waals surface area (Å²) < 4.78 is 16.1. The zero-order valence-corrected chi connectivity index (χ0v) is 15.3. The molecule has 0 unspecified atom stereocenters. The van der Waals surface area contributed by atoms with Crippen LogP contribution in [-0.4, -0.2) is 19.6 Å². The SMILES string of the molecule is CCCCOc1ccccc1NC(=O)c1cc2cc(OC)ccc2oc1=O. The van der Waals surface area contributed by atoms with Gasteiger partial charge in [-0.15, -0.1) is 0 Å². The van der Waals surface area contributed by atoms with Crippen molar-refractivity contribution < 1.29 is 18.7 Å². The Balaban J connectivity index is 1.88. The molecule has 0 aliphatic carbocycles. The van der Waals surface area contributed by atoms with E-state index in [1.807, 2.05) is 6.07 Å². The summed E-state index contributed by atoms with van der Waals surface area (Å²) in [5, 5.41) is 3.34. The molecule has 0 saturated carbocycles. The number of ether oxygens (including phenoxy) is 2. The van der Waals surface area contributed by atoms with Crippen LogP contribution in [0.25, 0.3) is 11.0 Å². The molecule has 0 saturated heterocycles. The molecule has 0 spiro atoms. The van der Waals surface area contributed by atoms with Gasteiger partial charge < -0.3 is 19.2 Å². The summed E-state index contributed by atoms with van der Waals surface area (Å²) in [6.45, 7) is 2.63. The highest BCUT2D eigenvalue weighted by Gasteiger charge is 2.16. The van der Waals surface area contributed by atoms with Crippen LogP contribution in [0.5, 0.6) is 11.5 Å². The number of anilines is 1. The minimum absolute atomic E-state index is 0.0842. The standard InChI is InChI=1S/C21H21NO5/c1-3-4-11-26-19-8-6-5-7-17(19)22-20(23)16-13-14-12-15(25-2)9-10-18(14)27-21(16)24/h5-10,12-13H,3-4,11H2,1-2H3,(H,22,23). The van der Waals surface area contributed by atoms with Crippen LogP contribution in [0.1, 0.15) is 30.1 Å². The van der Waals surface area contributed by atoms with E-state index in [4.69, 9.17) is 13.9 Å². The van der Waals surface area contributed by atoms with Crippen molar-refractivity contribution in [2.75, 3.05) is 19.0 Å². The van der Waals surface area contributed by atoms with Crippen LogP contribution < -0.4 is 20.4 Å². The fraction of sp³-hybridized carbons (Fsp3) is 0.238. The van der Waals surface area contributed by atoms with Gasteiger partial charge in [-0.2, -0.15) is 0 Å². The number of para-hydroxylation sites is 2. The normalized spacial score (nSPS) is 10.6. The van der Waals surface area contributed by atoms with Crippen LogP contribution in [0.15, 0.2) is 57.7 Å². The molecule has 3 rings (SSSR count). The van der Waals surface area contributed by atoms with E-state index in [1.165, 1.54) is 6.07 Å². The van der Waals surface area contributed by atoms with Gasteiger partial charge >= 0.3 is 5.63 Å². The Labute approximate surface area is 156 Å². The Morgan fingerprint density at radius 2 is 1.96 bits per heavy atom. The summed E-state index contributed by atoms with van der Waals surface area (Å²) in [5.74, 6) is 0.614. The van der Waals surface area contributed by atoms with E-state index in [0.717, 1.165) is 12.8 Å². The average Bonchev–Trinajstić information content (AvgIpc) is 2.68. The number of benzene rings is 2. The summed E-state index contributed by atoms with van der Waals surface area (Å²) >= 11 is 0. The molecule has 2 aromatic carbocycles. The van der Waals surface area contributed by atoms with Gasteiger partial charge in [0.15, 0.2) is 0 Å². The van der Waals surface area contributed by atoms with E-state index >= 15 is 0 Å². The highest BCUT2D eigenvalue weighted by atomic mass is 16.5. The molecule has 1 heterocycles. The summed E-state index contributed by atoms with van der Waals surface area (Å²) in [6.07, 6.45) is 1.93. The number of hydrogen-bond acceptors (Lipinski definition) is 5. The van der Waals surface area contributed by atoms with Crippen molar-refractivity contribution in [3.05, 3.63) is 64.5 Å². The smallest absolute Gasteiger partial charge is 0.349 e. The highest BCUT2D eigenvalue weighted by molar-refractivity contribution is 6.06. The molecule has 0 aliphatic rings. The third kappa shape index (κ3) is 4.28. The first-order valence-corrected chi connectivity index (χ1v) is 8.77. The Morgan fingerprint density at radius 3 is 2.74 bits per heavy atom. The van der Waals surface area contributed by atoms with Crippen molar-refractivity contribution in [1.82, 2.24) is 0 Å². The Morgan fingerprint density at radius 1 is 1.15 bits per heavy atom. The number of unbranched alkanes of at least 4 members (excludes halogenated alkanes) is 1. The third-order valence-corrected chi connectivity index (χ3v) is 4.07. The van der Waals surface area contributed by atoms with Crippen LogP contribution >= 0.6 is 0 Å². The second-order valence-electron chi connectivity index (χ2n) is 6.00. The van der Waals surface area contributed by atoms with Gasteiger partial charge in [-0.1, -0.05) is 25.5 Å². The van der Waals surface area contributed by atoms with Crippen LogP contribution in [0.3, 0.4) is 0 Å². The number of carbonyl (C=O) groups is 1. The average molecular weight is 367 g/mol. The van der Waals surface area contributed by atoms with Crippen molar-refractivity contribution in [3.63, 3.8) is 0 Å². The van der Waals surface area contributed by atoms with Crippen molar-refractivity contribution in [3.8, 4) is 11.5 Å². The molecule has 0 fully saturated rings. The summed E-state index contributed by atoms with van der Waals surface area (Å²) in [7, 11) is 1.55. The maximum Gasteiger partial charge on any atom is 0.349 e. The summed E-state index contributed by atoms with van der Waals surface area (Å²) in [5.41, 5.74) is 0.109. The predicted molar refractivity (Wildman–Crippen MR) is 104 cm³/mol. The minimum atomic E-state index is -0.699. The zero-order chi connectivity index (χ0) is 19.2. The first-order valence-electron chi connectivity index (χ1n) is 8.77. The van der Waals surface area contributed by atoms with Crippen LogP contribution in [0.4, 0.5) is 5.69 Å². The number of amides is 1. The molecule has 1 aromatic heterocycles. The Bertz CT molecular complexity index is 1010. The zero-order valence-electron chi connectivity index (χ0n) is 15.3. The predicted octanol–water partition coefficient (Wildman–Crippen LogP) is 4.23. The van der Waals surface area contributed by atoms with Crippen molar-refractivity contribution in [1.29, 1.82) is 0 Å². The molecule has 0 atom stereocenters. The van der Waals surface area contributed by atoms with E-state index in [9.17, 15) is 9.59 Å². The van der Waals surface area contributed by atoms with Gasteiger partial charge in [0.2, 0.25) is 0 Å². The van der Waals surface area contributed by atoms with Crippen molar-refractivity contribution >= 4 is 22.6 Å². The second kappa shape index (κ2) is 8.40. The number of nitrogens with one attached hydrogen (secondary N) is 1. The maximum absolute atomic E-state index is 12.7. The van der Waals surface area contributed by atoms with Gasteiger partial charge in [0.25, 0.3) is 5.91 Å². The molecule has 6 heteroatoms. The van der Waals surface area contributed by atoms with E-state index in [-0.39, 0.29) is 5.56 Å². The number of carbonyl (C=O) groups excluding carboxylic acids is 1. The fourth-order valence-electron chi connectivity index (χ4n) is 2.60. The Hall–Kier alpha value is -3.28. The quantitative estimate of drug-likeness (QED) is 0.499. The fourth-order valence-corrected chi connectivity index (χ4v) is 2.60. The van der Waals surface area contributed by atoms with E-state index in [1.54, 1.807) is 43.5 Å². The molecule has 0 radical (unpaired) electrons. The number of hydrogen-bond donors (Lipinski definition) is 1. The van der Waals surface area contributed by atoms with Crippen LogP contribution in [-0.2, 0) is 0 Å². The van der Waals surface area contributed by atoms with Gasteiger partial charge in [0, 0.05) is 5.39 Å². The lowest BCUT2D eigenvalue weighted by Gasteiger charge is -2.12. The molecule has 6 nitrogen and oxygen atoms in total. The number of fused-ring (bicyclic) bond motifs is 1. The lowest BCUT2D eigenvalue weighted by atomic mass is 10.1. The summed E-state index contributed by atoms with van der Waals surface area (Å²) in [4.78, 5) is 24.9. The molecular weight excluding hydrogens is 346 g/mol. The first-order chi connectivity index (χ1) is 13.1. The minimum Gasteiger partial charge on any atom is -0.497 e. The monoisotopic (exact) mass is 367 g/mol. The van der Waals surface area contributed by atoms with E-state index in [2.05, 4.69) is 12.2 Å². The molecule has 1 amide bonds. The summed E-state index contributed by atoms with van der Waals surface area (Å²) in [6, 6.07) is 13.6. The molecule has 27 heavy (non-hydrogen) atoms. The topological polar surface area (TPSA) is 77.8 Å². The lowest BCUT2D eigenvalue weighted by Crippen LogP contribution is -2.21. The molecular formula is C21H21NO5. The van der Waals surface area contributed by atoms with Crippen molar-refractivity contribution in [2.45, 2.75) is 19.8 Å². The lowest BCUT2D eigenvalue weighted by molar-refractivity contribution is 0.102. The number of methoxy groups -OCH3 is 1.